The van der Waals surface area contributed by atoms with Gasteiger partial charge in [0.15, 0.2) is 6.10 Å². The Balaban J connectivity index is 3.98. The molecular weight excluding hydrogens is 930 g/mol. The van der Waals surface area contributed by atoms with E-state index in [1.165, 1.54) is 77.0 Å². The maximum atomic E-state index is 12.7. The van der Waals surface area contributed by atoms with E-state index in [1.807, 2.05) is 12.2 Å². The van der Waals surface area contributed by atoms with Crippen LogP contribution in [0.5, 0.6) is 0 Å². The number of rotatable bonds is 51. The molecule has 0 fully saturated rings. The van der Waals surface area contributed by atoms with E-state index in [1.54, 1.807) is 6.08 Å². The van der Waals surface area contributed by atoms with Crippen molar-refractivity contribution in [3.8, 4) is 0 Å². The summed E-state index contributed by atoms with van der Waals surface area (Å²) in [4.78, 5) is 35.0. The Kier molecular flexibility index (Phi) is 54.0. The lowest BCUT2D eigenvalue weighted by molar-refractivity contribution is -0.160. The molecule has 412 valence electrons. The first-order chi connectivity index (χ1) is 35.8. The first-order valence-electron chi connectivity index (χ1n) is 28.3. The minimum absolute atomic E-state index is 0.0355. The number of unbranched alkanes of at least 4 members (excludes halogenated alkanes) is 15. The summed E-state index contributed by atoms with van der Waals surface area (Å²) in [5.41, 5.74) is 5.36. The van der Waals surface area contributed by atoms with Crippen LogP contribution in [0.25, 0.3) is 0 Å². The van der Waals surface area contributed by atoms with Crippen molar-refractivity contribution in [3.05, 3.63) is 146 Å². The summed E-state index contributed by atoms with van der Waals surface area (Å²) in [5, 5.41) is 0. The minimum Gasteiger partial charge on any atom is -0.461 e. The summed E-state index contributed by atoms with van der Waals surface area (Å²) < 4.78 is 32.8. The zero-order chi connectivity index (χ0) is 53.1. The molecule has 0 bridgehead atoms. The predicted molar refractivity (Wildman–Crippen MR) is 311 cm³/mol. The van der Waals surface area contributed by atoms with E-state index < -0.39 is 32.5 Å². The summed E-state index contributed by atoms with van der Waals surface area (Å²) in [6.45, 7) is 3.38. The van der Waals surface area contributed by atoms with E-state index in [2.05, 4.69) is 141 Å². The van der Waals surface area contributed by atoms with E-state index in [9.17, 15) is 19.0 Å². The summed E-state index contributed by atoms with van der Waals surface area (Å²) in [7, 11) is -4.41. The third-order valence-electron chi connectivity index (χ3n) is 11.3. The average Bonchev–Trinajstić information content (AvgIpc) is 3.38. The third-order valence-corrected chi connectivity index (χ3v) is 12.2. The lowest BCUT2D eigenvalue weighted by Gasteiger charge is -2.19. The van der Waals surface area contributed by atoms with Crippen LogP contribution in [0.2, 0.25) is 0 Å². The molecule has 0 aliphatic carbocycles. The van der Waals surface area contributed by atoms with Gasteiger partial charge in [-0.2, -0.15) is 0 Å². The summed E-state index contributed by atoms with van der Waals surface area (Å²) in [5.74, 6) is -0.984. The van der Waals surface area contributed by atoms with Gasteiger partial charge in [-0.15, -0.1) is 0 Å². The molecule has 0 heterocycles. The second kappa shape index (κ2) is 57.2. The van der Waals surface area contributed by atoms with Crippen LogP contribution in [0, 0.1) is 0 Å². The summed E-state index contributed by atoms with van der Waals surface area (Å²) in [6.07, 6.45) is 82.3. The van der Waals surface area contributed by atoms with Gasteiger partial charge in [-0.05, 0) is 96.3 Å². The SMILES string of the molecule is CC/C=C\C/C=C\C/C=C\C/C=C\C/C=C\C/C=C\C/C=C\CCCCCCCCCCCCCCCCCC(=O)OC(COC(=O)C/C=C\C/C=C\C/C=C\C/C=C\C/C=C\CC)COP(=O)(O)OCCN. The number of phosphoric acid groups is 1. The van der Waals surface area contributed by atoms with E-state index in [-0.39, 0.29) is 32.6 Å². The smallest absolute Gasteiger partial charge is 0.461 e. The molecule has 0 amide bonds. The minimum atomic E-state index is -4.41. The van der Waals surface area contributed by atoms with Gasteiger partial charge in [0.2, 0.25) is 0 Å². The zero-order valence-corrected chi connectivity index (χ0v) is 46.7. The van der Waals surface area contributed by atoms with E-state index in [0.29, 0.717) is 12.8 Å². The van der Waals surface area contributed by atoms with Crippen molar-refractivity contribution in [2.75, 3.05) is 26.4 Å². The highest BCUT2D eigenvalue weighted by molar-refractivity contribution is 7.47. The van der Waals surface area contributed by atoms with Gasteiger partial charge in [-0.1, -0.05) is 243 Å². The van der Waals surface area contributed by atoms with Crippen molar-refractivity contribution in [2.24, 2.45) is 5.73 Å². The largest absolute Gasteiger partial charge is 0.472 e. The normalized spacial score (nSPS) is 14.2. The van der Waals surface area contributed by atoms with Gasteiger partial charge in [0.05, 0.1) is 19.6 Å². The Labute approximate surface area is 446 Å². The maximum Gasteiger partial charge on any atom is 0.472 e. The number of ether oxygens (including phenoxy) is 2. The van der Waals surface area contributed by atoms with Crippen molar-refractivity contribution in [1.29, 1.82) is 0 Å². The molecule has 0 aromatic carbocycles. The molecule has 10 heteroatoms. The van der Waals surface area contributed by atoms with Gasteiger partial charge in [0.1, 0.15) is 6.61 Å². The number of carbonyl (C=O) groups is 2. The third kappa shape index (κ3) is 57.0. The Morgan fingerprint density at radius 3 is 1.12 bits per heavy atom. The van der Waals surface area contributed by atoms with Gasteiger partial charge in [0.25, 0.3) is 0 Å². The molecule has 0 aliphatic heterocycles. The van der Waals surface area contributed by atoms with Crippen LogP contribution >= 0.6 is 7.82 Å². The molecule has 0 aromatic rings. The molecule has 0 saturated carbocycles. The molecule has 2 unspecified atom stereocenters. The van der Waals surface area contributed by atoms with Crippen molar-refractivity contribution < 1.29 is 37.6 Å². The highest BCUT2D eigenvalue weighted by atomic mass is 31.2. The summed E-state index contributed by atoms with van der Waals surface area (Å²) in [6, 6.07) is 0. The monoisotopic (exact) mass is 1030 g/mol. The van der Waals surface area contributed by atoms with Crippen LogP contribution in [0.3, 0.4) is 0 Å². The molecule has 3 N–H and O–H groups in total. The van der Waals surface area contributed by atoms with Crippen molar-refractivity contribution in [1.82, 2.24) is 0 Å². The molecule has 0 aromatic heterocycles. The quantitative estimate of drug-likeness (QED) is 0.0264. The van der Waals surface area contributed by atoms with Crippen molar-refractivity contribution in [3.63, 3.8) is 0 Å². The van der Waals surface area contributed by atoms with Crippen LogP contribution in [-0.4, -0.2) is 49.3 Å². The first kappa shape index (κ1) is 68.9. The number of hydrogen-bond donors (Lipinski definition) is 2. The van der Waals surface area contributed by atoms with E-state index >= 15 is 0 Å². The number of hydrogen-bond acceptors (Lipinski definition) is 8. The average molecular weight is 1030 g/mol. The molecule has 0 radical (unpaired) electrons. The van der Waals surface area contributed by atoms with Crippen LogP contribution in [0.15, 0.2) is 146 Å². The van der Waals surface area contributed by atoms with Crippen LogP contribution < -0.4 is 5.73 Å². The van der Waals surface area contributed by atoms with Gasteiger partial charge in [0, 0.05) is 13.0 Å². The van der Waals surface area contributed by atoms with Crippen LogP contribution in [0.4, 0.5) is 0 Å². The van der Waals surface area contributed by atoms with Gasteiger partial charge in [-0.25, -0.2) is 4.57 Å². The Bertz CT molecular complexity index is 1700. The highest BCUT2D eigenvalue weighted by Crippen LogP contribution is 2.43. The Hall–Kier alpha value is -4.11. The lowest BCUT2D eigenvalue weighted by atomic mass is 10.0. The van der Waals surface area contributed by atoms with E-state index in [0.717, 1.165) is 89.9 Å². The molecule has 0 aliphatic rings. The number of nitrogens with two attached hydrogens (primary N) is 1. The Morgan fingerprint density at radius 2 is 0.753 bits per heavy atom. The molecular formula is C63H102NO8P. The van der Waals surface area contributed by atoms with Gasteiger partial charge < -0.3 is 20.1 Å². The number of esters is 2. The first-order valence-corrected chi connectivity index (χ1v) is 29.8. The second-order valence-electron chi connectivity index (χ2n) is 18.1. The standard InChI is InChI=1S/C63H102NO8P/c1-3-5-7-9-11-13-15-17-19-20-21-22-23-24-25-26-27-28-29-30-31-32-33-34-35-36-37-38-39-40-42-44-46-48-50-52-54-56-63(66)72-61(60-71-73(67,68)70-58-57-64)59-69-62(65)55-53-51-49-47-45-43-41-18-16-14-12-10-8-6-4-2/h5-8,11-14,17-19,21-22,24-25,27-28,30-31,41,45,47,51,53,61H,3-4,9-10,15-16,20,23,26,29,32-40,42-44,46,48-50,52,54-60,64H2,1-2H3,(H,67,68)/b7-5-,8-6-,13-11-,14-12-,19-17-,22-21-,25-24-,28-27-,31-30-,41-18-,47-45-,53-51-. The fourth-order valence-corrected chi connectivity index (χ4v) is 7.92. The van der Waals surface area contributed by atoms with Crippen LogP contribution in [-0.2, 0) is 32.7 Å². The molecule has 0 rings (SSSR count). The fourth-order valence-electron chi connectivity index (χ4n) is 7.16. The zero-order valence-electron chi connectivity index (χ0n) is 45.8. The van der Waals surface area contributed by atoms with Crippen LogP contribution in [0.1, 0.15) is 206 Å². The van der Waals surface area contributed by atoms with Gasteiger partial charge >= 0.3 is 19.8 Å². The number of phosphoric ester groups is 1. The molecule has 2 atom stereocenters. The Morgan fingerprint density at radius 1 is 0.425 bits per heavy atom. The maximum absolute atomic E-state index is 12.7. The highest BCUT2D eigenvalue weighted by Gasteiger charge is 2.26. The topological polar surface area (TPSA) is 134 Å². The molecule has 73 heavy (non-hydrogen) atoms. The van der Waals surface area contributed by atoms with Crippen molar-refractivity contribution >= 4 is 19.8 Å². The predicted octanol–water partition coefficient (Wildman–Crippen LogP) is 18.0. The van der Waals surface area contributed by atoms with Crippen molar-refractivity contribution in [2.45, 2.75) is 213 Å². The molecule has 9 nitrogen and oxygen atoms in total. The number of carbonyl (C=O) groups excluding carboxylic acids is 2. The molecule has 0 spiro atoms. The lowest BCUT2D eigenvalue weighted by Crippen LogP contribution is -2.29. The number of allylic oxidation sites excluding steroid dienone is 23. The fraction of sp³-hybridized carbons (Fsp3) is 0.587. The van der Waals surface area contributed by atoms with Gasteiger partial charge in [-0.3, -0.25) is 18.6 Å². The summed E-state index contributed by atoms with van der Waals surface area (Å²) >= 11 is 0. The second-order valence-corrected chi connectivity index (χ2v) is 19.5. The van der Waals surface area contributed by atoms with E-state index in [4.69, 9.17) is 24.3 Å². The molecule has 0 saturated heterocycles.